The highest BCUT2D eigenvalue weighted by atomic mass is 16.5. The molecule has 160 valence electrons. The summed E-state index contributed by atoms with van der Waals surface area (Å²) in [6.45, 7) is 4.46. The number of methoxy groups -OCH3 is 1. The molecule has 2 aliphatic heterocycles. The second kappa shape index (κ2) is 7.73. The predicted octanol–water partition coefficient (Wildman–Crippen LogP) is 3.05. The molecule has 6 nitrogen and oxygen atoms in total. The Morgan fingerprint density at radius 1 is 1.20 bits per heavy atom. The lowest BCUT2D eigenvalue weighted by molar-refractivity contribution is -0.147. The van der Waals surface area contributed by atoms with Crippen molar-refractivity contribution in [3.05, 3.63) is 47.8 Å². The van der Waals surface area contributed by atoms with Gasteiger partial charge in [-0.25, -0.2) is 0 Å². The maximum atomic E-state index is 13.9. The van der Waals surface area contributed by atoms with Crippen LogP contribution in [0.5, 0.6) is 5.75 Å². The van der Waals surface area contributed by atoms with Crippen molar-refractivity contribution in [2.24, 2.45) is 18.4 Å². The molecule has 0 N–H and O–H groups in total. The normalized spacial score (nSPS) is 27.2. The van der Waals surface area contributed by atoms with Gasteiger partial charge in [-0.1, -0.05) is 12.1 Å². The van der Waals surface area contributed by atoms with E-state index in [0.717, 1.165) is 57.2 Å². The molecule has 3 aliphatic rings. The van der Waals surface area contributed by atoms with Crippen molar-refractivity contribution >= 4 is 5.91 Å². The molecular formula is C24H32N4O2. The van der Waals surface area contributed by atoms with E-state index < -0.39 is 0 Å². The van der Waals surface area contributed by atoms with Gasteiger partial charge in [-0.05, 0) is 55.4 Å². The highest BCUT2D eigenvalue weighted by Crippen LogP contribution is 2.50. The Balaban J connectivity index is 1.42. The highest BCUT2D eigenvalue weighted by Gasteiger charge is 2.56. The van der Waals surface area contributed by atoms with Crippen molar-refractivity contribution in [2.75, 3.05) is 33.3 Å². The average molecular weight is 409 g/mol. The van der Waals surface area contributed by atoms with Gasteiger partial charge in [0, 0.05) is 57.6 Å². The van der Waals surface area contributed by atoms with Gasteiger partial charge in [0.1, 0.15) is 5.75 Å². The minimum Gasteiger partial charge on any atom is -0.497 e. The van der Waals surface area contributed by atoms with Crippen LogP contribution in [0.1, 0.15) is 42.9 Å². The molecule has 1 saturated carbocycles. The summed E-state index contributed by atoms with van der Waals surface area (Å²) < 4.78 is 7.27. The van der Waals surface area contributed by atoms with Gasteiger partial charge in [0.2, 0.25) is 5.91 Å². The van der Waals surface area contributed by atoms with Crippen molar-refractivity contribution in [3.63, 3.8) is 0 Å². The molecule has 2 atom stereocenters. The van der Waals surface area contributed by atoms with Gasteiger partial charge < -0.3 is 9.64 Å². The largest absolute Gasteiger partial charge is 0.497 e. The van der Waals surface area contributed by atoms with Crippen LogP contribution in [0.3, 0.4) is 0 Å². The first kappa shape index (κ1) is 19.6. The molecule has 1 amide bonds. The number of nitrogens with zero attached hydrogens (tertiary/aromatic N) is 4. The lowest BCUT2D eigenvalue weighted by atomic mass is 9.70. The first-order valence-electron chi connectivity index (χ1n) is 11.2. The monoisotopic (exact) mass is 408 g/mol. The SMILES string of the molecule is COc1ccc(CN2C[C@@H](c3ccnn3C)[C@@]3(CCCN(CC4CC4)C3=O)C2)cc1. The summed E-state index contributed by atoms with van der Waals surface area (Å²) >= 11 is 0. The van der Waals surface area contributed by atoms with Crippen LogP contribution in [0, 0.1) is 11.3 Å². The van der Waals surface area contributed by atoms with Crippen LogP contribution in [0.4, 0.5) is 0 Å². The van der Waals surface area contributed by atoms with Gasteiger partial charge >= 0.3 is 0 Å². The number of carbonyl (C=O) groups excluding carboxylic acids is 1. The number of amides is 1. The minimum absolute atomic E-state index is 0.192. The lowest BCUT2D eigenvalue weighted by Crippen LogP contribution is -2.52. The Bertz CT molecular complexity index is 904. The Morgan fingerprint density at radius 3 is 2.67 bits per heavy atom. The summed E-state index contributed by atoms with van der Waals surface area (Å²) in [5, 5.41) is 4.43. The lowest BCUT2D eigenvalue weighted by Gasteiger charge is -2.42. The van der Waals surface area contributed by atoms with Crippen LogP contribution in [0.15, 0.2) is 36.5 Å². The Hall–Kier alpha value is -2.34. The molecule has 3 heterocycles. The molecule has 2 saturated heterocycles. The van der Waals surface area contributed by atoms with Crippen LogP contribution in [-0.4, -0.2) is 58.8 Å². The molecule has 0 unspecified atom stereocenters. The summed E-state index contributed by atoms with van der Waals surface area (Å²) in [5.74, 6) is 2.18. The van der Waals surface area contributed by atoms with Crippen LogP contribution >= 0.6 is 0 Å². The molecule has 1 aromatic carbocycles. The second-order valence-corrected chi connectivity index (χ2v) is 9.40. The van der Waals surface area contributed by atoms with E-state index in [1.807, 2.05) is 30.1 Å². The fourth-order valence-corrected chi connectivity index (χ4v) is 5.58. The second-order valence-electron chi connectivity index (χ2n) is 9.40. The van der Waals surface area contributed by atoms with E-state index in [9.17, 15) is 4.79 Å². The van der Waals surface area contributed by atoms with E-state index in [0.29, 0.717) is 5.91 Å². The van der Waals surface area contributed by atoms with Crippen molar-refractivity contribution in [1.82, 2.24) is 19.6 Å². The van der Waals surface area contributed by atoms with E-state index in [2.05, 4.69) is 33.1 Å². The molecule has 5 rings (SSSR count). The fourth-order valence-electron chi connectivity index (χ4n) is 5.58. The summed E-state index contributed by atoms with van der Waals surface area (Å²) in [6.07, 6.45) is 6.51. The highest BCUT2D eigenvalue weighted by molar-refractivity contribution is 5.85. The Kier molecular flexibility index (Phi) is 5.05. The molecule has 30 heavy (non-hydrogen) atoms. The van der Waals surface area contributed by atoms with Crippen molar-refractivity contribution in [1.29, 1.82) is 0 Å². The van der Waals surface area contributed by atoms with Gasteiger partial charge in [-0.15, -0.1) is 0 Å². The third-order valence-electron chi connectivity index (χ3n) is 7.33. The number of piperidine rings is 1. The molecule has 1 aliphatic carbocycles. The number of hydrogen-bond acceptors (Lipinski definition) is 4. The number of aryl methyl sites for hydroxylation is 1. The maximum absolute atomic E-state index is 13.9. The molecule has 1 aromatic heterocycles. The summed E-state index contributed by atoms with van der Waals surface area (Å²) in [6, 6.07) is 10.4. The Morgan fingerprint density at radius 2 is 2.00 bits per heavy atom. The predicted molar refractivity (Wildman–Crippen MR) is 115 cm³/mol. The summed E-state index contributed by atoms with van der Waals surface area (Å²) in [5.41, 5.74) is 2.12. The van der Waals surface area contributed by atoms with Crippen LogP contribution < -0.4 is 4.74 Å². The fraction of sp³-hybridized carbons (Fsp3) is 0.583. The van der Waals surface area contributed by atoms with Gasteiger partial charge in [0.25, 0.3) is 0 Å². The molecule has 2 aromatic rings. The van der Waals surface area contributed by atoms with E-state index in [1.54, 1.807) is 7.11 Å². The zero-order valence-corrected chi connectivity index (χ0v) is 18.1. The standard InChI is InChI=1S/C24H32N4O2/c1-26-22(10-12-25-26)21-16-27(14-18-6-8-20(30-2)9-7-18)17-24(21)11-3-13-28(23(24)29)15-19-4-5-19/h6-10,12,19,21H,3-5,11,13-17H2,1-2H3/t21-,24+/m0/s1. The Labute approximate surface area is 178 Å². The van der Waals surface area contributed by atoms with Crippen LogP contribution in [-0.2, 0) is 18.4 Å². The van der Waals surface area contributed by atoms with Gasteiger partial charge in [0.15, 0.2) is 0 Å². The molecular weight excluding hydrogens is 376 g/mol. The van der Waals surface area contributed by atoms with E-state index in [4.69, 9.17) is 4.74 Å². The number of rotatable bonds is 6. The van der Waals surface area contributed by atoms with Gasteiger partial charge in [0.05, 0.1) is 12.5 Å². The first-order chi connectivity index (χ1) is 14.6. The number of carbonyl (C=O) groups is 1. The van der Waals surface area contributed by atoms with Crippen molar-refractivity contribution in [3.8, 4) is 5.75 Å². The van der Waals surface area contributed by atoms with Crippen molar-refractivity contribution < 1.29 is 9.53 Å². The smallest absolute Gasteiger partial charge is 0.230 e. The quantitative estimate of drug-likeness (QED) is 0.737. The third kappa shape index (κ3) is 3.51. The number of aromatic nitrogens is 2. The number of likely N-dealkylation sites (tertiary alicyclic amines) is 2. The zero-order valence-electron chi connectivity index (χ0n) is 18.1. The van der Waals surface area contributed by atoms with Gasteiger partial charge in [-0.2, -0.15) is 5.10 Å². The van der Waals surface area contributed by atoms with E-state index in [-0.39, 0.29) is 11.3 Å². The average Bonchev–Trinajstić information content (AvgIpc) is 3.36. The zero-order chi connectivity index (χ0) is 20.7. The molecule has 1 spiro atoms. The van der Waals surface area contributed by atoms with E-state index >= 15 is 0 Å². The number of ether oxygens (including phenoxy) is 1. The summed E-state index contributed by atoms with van der Waals surface area (Å²) in [7, 11) is 3.70. The third-order valence-corrected chi connectivity index (χ3v) is 7.33. The van der Waals surface area contributed by atoms with E-state index in [1.165, 1.54) is 24.1 Å². The van der Waals surface area contributed by atoms with Crippen LogP contribution in [0.2, 0.25) is 0 Å². The maximum Gasteiger partial charge on any atom is 0.230 e. The molecule has 0 radical (unpaired) electrons. The topological polar surface area (TPSA) is 50.6 Å². The van der Waals surface area contributed by atoms with Gasteiger partial charge in [-0.3, -0.25) is 14.4 Å². The molecule has 0 bridgehead atoms. The molecule has 3 fully saturated rings. The number of benzene rings is 1. The number of hydrogen-bond donors (Lipinski definition) is 0. The minimum atomic E-state index is -0.326. The van der Waals surface area contributed by atoms with Crippen LogP contribution in [0.25, 0.3) is 0 Å². The van der Waals surface area contributed by atoms with Crippen molar-refractivity contribution in [2.45, 2.75) is 38.1 Å². The molecule has 6 heteroatoms. The summed E-state index contributed by atoms with van der Waals surface area (Å²) in [4.78, 5) is 18.5. The first-order valence-corrected chi connectivity index (χ1v) is 11.2.